The van der Waals surface area contributed by atoms with Gasteiger partial charge in [-0.3, -0.25) is 4.79 Å². The molecule has 0 radical (unpaired) electrons. The second kappa shape index (κ2) is 9.87. The van der Waals surface area contributed by atoms with E-state index in [1.807, 2.05) is 37.3 Å². The monoisotopic (exact) mass is 458 g/mol. The van der Waals surface area contributed by atoms with E-state index in [4.69, 9.17) is 9.15 Å². The third kappa shape index (κ3) is 4.83. The number of amides is 1. The van der Waals surface area contributed by atoms with Crippen LogP contribution in [0.2, 0.25) is 0 Å². The Morgan fingerprint density at radius 3 is 2.35 bits per heavy atom. The maximum atomic E-state index is 12.4. The Bertz CT molecular complexity index is 1300. The van der Waals surface area contributed by atoms with Gasteiger partial charge in [0.1, 0.15) is 18.1 Å². The number of hydrazone groups is 1. The first-order valence-electron chi connectivity index (χ1n) is 11.3. The standard InChI is InChI=1S/C27H30N4O3/c1-6-30-20(4)15-22(21(30)5)16-28-29-27(32)26-14-13-25(34-26)17-33-24-11-9-23(10-12-24)31-18(2)7-8-19(31)3/h7-16H,6,17H2,1-5H3,(H,29,32). The largest absolute Gasteiger partial charge is 0.486 e. The molecular weight excluding hydrogens is 428 g/mol. The second-order valence-electron chi connectivity index (χ2n) is 8.27. The van der Waals surface area contributed by atoms with E-state index in [-0.39, 0.29) is 12.4 Å². The Labute approximate surface area is 199 Å². The van der Waals surface area contributed by atoms with E-state index in [0.29, 0.717) is 5.76 Å². The van der Waals surface area contributed by atoms with Crippen LogP contribution in [0.1, 0.15) is 51.6 Å². The number of benzene rings is 1. The predicted octanol–water partition coefficient (Wildman–Crippen LogP) is 5.47. The number of hydrogen-bond donors (Lipinski definition) is 1. The van der Waals surface area contributed by atoms with E-state index in [1.54, 1.807) is 18.3 Å². The normalized spacial score (nSPS) is 11.3. The third-order valence-corrected chi connectivity index (χ3v) is 5.93. The van der Waals surface area contributed by atoms with Crippen LogP contribution in [-0.2, 0) is 13.2 Å². The van der Waals surface area contributed by atoms with Crippen molar-refractivity contribution in [3.63, 3.8) is 0 Å². The molecule has 0 aliphatic heterocycles. The Balaban J connectivity index is 1.32. The highest BCUT2D eigenvalue weighted by Crippen LogP contribution is 2.21. The lowest BCUT2D eigenvalue weighted by atomic mass is 10.3. The lowest BCUT2D eigenvalue weighted by Gasteiger charge is -2.10. The summed E-state index contributed by atoms with van der Waals surface area (Å²) in [5.74, 6) is 1.06. The molecule has 0 saturated carbocycles. The molecule has 7 nitrogen and oxygen atoms in total. The third-order valence-electron chi connectivity index (χ3n) is 5.93. The van der Waals surface area contributed by atoms with Gasteiger partial charge in [-0.1, -0.05) is 0 Å². The number of carbonyl (C=O) groups is 1. The number of ether oxygens (including phenoxy) is 1. The molecule has 1 N–H and O–H groups in total. The lowest BCUT2D eigenvalue weighted by molar-refractivity contribution is 0.0923. The van der Waals surface area contributed by atoms with Crippen molar-refractivity contribution in [3.8, 4) is 11.4 Å². The summed E-state index contributed by atoms with van der Waals surface area (Å²) >= 11 is 0. The molecule has 0 aliphatic rings. The zero-order chi connectivity index (χ0) is 24.2. The maximum Gasteiger partial charge on any atom is 0.307 e. The number of carbonyl (C=O) groups excluding carboxylic acids is 1. The van der Waals surface area contributed by atoms with Crippen LogP contribution >= 0.6 is 0 Å². The predicted molar refractivity (Wildman–Crippen MR) is 133 cm³/mol. The Kier molecular flexibility index (Phi) is 6.72. The van der Waals surface area contributed by atoms with E-state index in [2.05, 4.69) is 59.5 Å². The molecule has 0 fully saturated rings. The summed E-state index contributed by atoms with van der Waals surface area (Å²) in [7, 11) is 0. The molecule has 7 heteroatoms. The fraction of sp³-hybridized carbons (Fsp3) is 0.259. The van der Waals surface area contributed by atoms with E-state index in [1.165, 1.54) is 11.4 Å². The van der Waals surface area contributed by atoms with Gasteiger partial charge in [0.15, 0.2) is 5.76 Å². The zero-order valence-corrected chi connectivity index (χ0v) is 20.3. The van der Waals surface area contributed by atoms with Crippen molar-refractivity contribution in [3.05, 3.63) is 94.5 Å². The number of hydrogen-bond acceptors (Lipinski definition) is 4. The molecular formula is C27H30N4O3. The summed E-state index contributed by atoms with van der Waals surface area (Å²) < 4.78 is 15.8. The number of rotatable bonds is 8. The van der Waals surface area contributed by atoms with Gasteiger partial charge in [-0.2, -0.15) is 5.10 Å². The van der Waals surface area contributed by atoms with Gasteiger partial charge >= 0.3 is 5.91 Å². The highest BCUT2D eigenvalue weighted by molar-refractivity contribution is 5.92. The van der Waals surface area contributed by atoms with Crippen LogP contribution in [-0.4, -0.2) is 21.3 Å². The summed E-state index contributed by atoms with van der Waals surface area (Å²) in [5, 5.41) is 4.08. The van der Waals surface area contributed by atoms with Crippen molar-refractivity contribution in [1.82, 2.24) is 14.6 Å². The molecule has 3 heterocycles. The van der Waals surface area contributed by atoms with Crippen LogP contribution in [0.4, 0.5) is 0 Å². The van der Waals surface area contributed by atoms with Crippen LogP contribution in [0, 0.1) is 27.7 Å². The molecule has 0 spiro atoms. The quantitative estimate of drug-likeness (QED) is 0.281. The van der Waals surface area contributed by atoms with Gasteiger partial charge in [-0.15, -0.1) is 0 Å². The molecule has 3 aromatic heterocycles. The van der Waals surface area contributed by atoms with Crippen LogP contribution < -0.4 is 10.2 Å². The number of furan rings is 1. The Morgan fingerprint density at radius 1 is 1.00 bits per heavy atom. The number of nitrogens with zero attached hydrogens (tertiary/aromatic N) is 3. The van der Waals surface area contributed by atoms with E-state index in [0.717, 1.165) is 34.9 Å². The van der Waals surface area contributed by atoms with E-state index in [9.17, 15) is 4.79 Å². The second-order valence-corrected chi connectivity index (χ2v) is 8.27. The van der Waals surface area contributed by atoms with Gasteiger partial charge in [0.05, 0.1) is 6.21 Å². The maximum absolute atomic E-state index is 12.4. The molecule has 0 aliphatic carbocycles. The minimum absolute atomic E-state index is 0.184. The van der Waals surface area contributed by atoms with E-state index < -0.39 is 5.91 Å². The van der Waals surface area contributed by atoms with Gasteiger partial charge in [-0.05, 0) is 89.2 Å². The van der Waals surface area contributed by atoms with Gasteiger partial charge < -0.3 is 18.3 Å². The average molecular weight is 459 g/mol. The van der Waals surface area contributed by atoms with Crippen molar-refractivity contribution in [2.75, 3.05) is 0 Å². The molecule has 0 unspecified atom stereocenters. The summed E-state index contributed by atoms with van der Waals surface area (Å²) in [6.45, 7) is 11.5. The first kappa shape index (κ1) is 23.2. The van der Waals surface area contributed by atoms with Crippen molar-refractivity contribution >= 4 is 12.1 Å². The van der Waals surface area contributed by atoms with Gasteiger partial charge in [0.2, 0.25) is 0 Å². The molecule has 34 heavy (non-hydrogen) atoms. The summed E-state index contributed by atoms with van der Waals surface area (Å²) in [6.07, 6.45) is 1.65. The summed E-state index contributed by atoms with van der Waals surface area (Å²) in [4.78, 5) is 12.4. The van der Waals surface area contributed by atoms with Gasteiger partial charge in [-0.25, -0.2) is 5.43 Å². The number of aromatic nitrogens is 2. The van der Waals surface area contributed by atoms with Crippen molar-refractivity contribution in [2.24, 2.45) is 5.10 Å². The minimum atomic E-state index is -0.409. The highest BCUT2D eigenvalue weighted by Gasteiger charge is 2.12. The summed E-state index contributed by atoms with van der Waals surface area (Å²) in [5.41, 5.74) is 9.22. The molecule has 176 valence electrons. The SMILES string of the molecule is CCn1c(C)cc(C=NNC(=O)c2ccc(COc3ccc(-n4c(C)ccc4C)cc3)o2)c1C. The highest BCUT2D eigenvalue weighted by atomic mass is 16.5. The van der Waals surface area contributed by atoms with E-state index >= 15 is 0 Å². The van der Waals surface area contributed by atoms with Gasteiger partial charge in [0.25, 0.3) is 0 Å². The first-order valence-corrected chi connectivity index (χ1v) is 11.3. The smallest absolute Gasteiger partial charge is 0.307 e. The molecule has 1 amide bonds. The minimum Gasteiger partial charge on any atom is -0.486 e. The zero-order valence-electron chi connectivity index (χ0n) is 20.3. The number of aryl methyl sites for hydroxylation is 3. The van der Waals surface area contributed by atoms with Crippen LogP contribution in [0.3, 0.4) is 0 Å². The Morgan fingerprint density at radius 2 is 1.71 bits per heavy atom. The molecule has 0 atom stereocenters. The van der Waals surface area contributed by atoms with Crippen molar-refractivity contribution < 1.29 is 13.9 Å². The summed E-state index contributed by atoms with van der Waals surface area (Å²) in [6, 6.07) is 17.5. The van der Waals surface area contributed by atoms with Crippen LogP contribution in [0.15, 0.2) is 64.1 Å². The lowest BCUT2D eigenvalue weighted by Crippen LogP contribution is -2.16. The Hall–Kier alpha value is -4.00. The molecule has 4 rings (SSSR count). The van der Waals surface area contributed by atoms with Crippen LogP contribution in [0.5, 0.6) is 5.75 Å². The molecule has 1 aromatic carbocycles. The first-order chi connectivity index (χ1) is 16.4. The topological polar surface area (TPSA) is 73.7 Å². The number of nitrogens with one attached hydrogen (secondary N) is 1. The van der Waals surface area contributed by atoms with Crippen molar-refractivity contribution in [2.45, 2.75) is 47.8 Å². The molecule has 4 aromatic rings. The van der Waals surface area contributed by atoms with Crippen LogP contribution in [0.25, 0.3) is 5.69 Å². The molecule has 0 saturated heterocycles. The fourth-order valence-electron chi connectivity index (χ4n) is 4.16. The van der Waals surface area contributed by atoms with Crippen molar-refractivity contribution in [1.29, 1.82) is 0 Å². The fourth-order valence-corrected chi connectivity index (χ4v) is 4.16. The van der Waals surface area contributed by atoms with Gasteiger partial charge in [0, 0.05) is 40.6 Å². The molecule has 0 bridgehead atoms. The average Bonchev–Trinajstić information content (AvgIpc) is 3.50.